The first-order valence-corrected chi connectivity index (χ1v) is 15.0. The molecule has 0 fully saturated rings. The Bertz CT molecular complexity index is 1420. The van der Waals surface area contributed by atoms with Crippen molar-refractivity contribution in [3.8, 4) is 22.4 Å². The van der Waals surface area contributed by atoms with Crippen LogP contribution in [0.5, 0.6) is 0 Å². The van der Waals surface area contributed by atoms with Crippen molar-refractivity contribution in [3.63, 3.8) is 0 Å². The number of nitrogens with two attached hydrogens (primary N) is 1. The lowest BCUT2D eigenvalue weighted by atomic mass is 9.84. The summed E-state index contributed by atoms with van der Waals surface area (Å²) >= 11 is 2.98. The largest absolute Gasteiger partial charge is 0.340 e. The number of anilines is 1. The molecule has 2 aromatic heterocycles. The van der Waals surface area contributed by atoms with Gasteiger partial charge >= 0.3 is 0 Å². The number of nitrogens with one attached hydrogen (secondary N) is 2. The number of benzene rings is 2. The number of carbonyl (C=O) groups is 2. The van der Waals surface area contributed by atoms with Crippen molar-refractivity contribution in [2.45, 2.75) is 31.7 Å². The summed E-state index contributed by atoms with van der Waals surface area (Å²) in [7, 11) is 0. The molecular formula is C30H33N5O2S2. The van der Waals surface area contributed by atoms with E-state index in [0.717, 1.165) is 33.7 Å². The molecular weight excluding hydrogens is 526 g/mol. The summed E-state index contributed by atoms with van der Waals surface area (Å²) in [5.41, 5.74) is 11.0. The topological polar surface area (TPSA) is 110 Å². The molecule has 0 unspecified atom stereocenters. The average Bonchev–Trinajstić information content (AvgIpc) is 3.44. The van der Waals surface area contributed by atoms with Crippen molar-refractivity contribution in [1.82, 2.24) is 15.3 Å². The average molecular weight is 560 g/mol. The molecule has 0 saturated carbocycles. The lowest BCUT2D eigenvalue weighted by Gasteiger charge is -2.24. The Morgan fingerprint density at radius 3 is 2.51 bits per heavy atom. The first-order chi connectivity index (χ1) is 18.8. The fourth-order valence-corrected chi connectivity index (χ4v) is 5.20. The molecule has 0 radical (unpaired) electrons. The predicted octanol–water partition coefficient (Wildman–Crippen LogP) is 5.60. The zero-order valence-electron chi connectivity index (χ0n) is 22.3. The van der Waals surface area contributed by atoms with E-state index in [0.29, 0.717) is 23.7 Å². The van der Waals surface area contributed by atoms with E-state index in [2.05, 4.69) is 26.7 Å². The van der Waals surface area contributed by atoms with E-state index in [9.17, 15) is 9.59 Å². The highest BCUT2D eigenvalue weighted by atomic mass is 32.2. The van der Waals surface area contributed by atoms with E-state index >= 15 is 0 Å². The maximum Gasteiger partial charge on any atom is 0.251 e. The number of aromatic nitrogens is 2. The van der Waals surface area contributed by atoms with Crippen molar-refractivity contribution >= 4 is 40.0 Å². The van der Waals surface area contributed by atoms with Gasteiger partial charge < -0.3 is 16.4 Å². The molecule has 4 N–H and O–H groups in total. The van der Waals surface area contributed by atoms with Crippen molar-refractivity contribution in [2.75, 3.05) is 23.9 Å². The minimum Gasteiger partial charge on any atom is -0.340 e. The third-order valence-corrected chi connectivity index (χ3v) is 7.96. The Morgan fingerprint density at radius 1 is 1.03 bits per heavy atom. The summed E-state index contributed by atoms with van der Waals surface area (Å²) in [4.78, 5) is 35.1. The van der Waals surface area contributed by atoms with Gasteiger partial charge in [-0.2, -0.15) is 11.8 Å². The van der Waals surface area contributed by atoms with Crippen LogP contribution in [0.3, 0.4) is 0 Å². The first-order valence-electron chi connectivity index (χ1n) is 12.7. The highest BCUT2D eigenvalue weighted by Gasteiger charge is 2.24. The molecule has 1 atom stereocenters. The number of amides is 2. The molecule has 2 heterocycles. The minimum absolute atomic E-state index is 0.258. The molecule has 0 bridgehead atoms. The normalized spacial score (nSPS) is 12.1. The summed E-state index contributed by atoms with van der Waals surface area (Å²) in [6.07, 6.45) is 6.01. The second kappa shape index (κ2) is 13.0. The Morgan fingerprint density at radius 2 is 1.77 bits per heavy atom. The summed E-state index contributed by atoms with van der Waals surface area (Å²) in [5.74, 6) is 0.143. The number of carbonyl (C=O) groups excluding carboxylic acids is 2. The SMILES string of the molecule is CSCC[C@H](NC(=O)c1cccc(C(C)(C)CN)c1)C(=O)Nc1nc(-c2cccc(-c3ccncc3)c2)cs1. The Kier molecular flexibility index (Phi) is 9.50. The highest BCUT2D eigenvalue weighted by molar-refractivity contribution is 7.98. The summed E-state index contributed by atoms with van der Waals surface area (Å²) < 4.78 is 0. The standard InChI is InChI=1S/C30H33N5O2S2/c1-30(2,19-31)24-9-5-8-23(17-24)27(36)33-25(12-15-38-3)28(37)35-29-34-26(18-39-29)22-7-4-6-21(16-22)20-10-13-32-14-11-20/h4-11,13-14,16-18,25H,12,15,19,31H2,1-3H3,(H,33,36)(H,34,35,37)/t25-/m0/s1. The molecule has 2 aromatic carbocycles. The molecule has 2 amide bonds. The maximum atomic E-state index is 13.3. The molecule has 0 aliphatic heterocycles. The Hall–Kier alpha value is -3.53. The first kappa shape index (κ1) is 28.5. The van der Waals surface area contributed by atoms with Crippen LogP contribution in [0.15, 0.2) is 78.4 Å². The van der Waals surface area contributed by atoms with Gasteiger partial charge in [0.25, 0.3) is 5.91 Å². The highest BCUT2D eigenvalue weighted by Crippen LogP contribution is 2.29. The quantitative estimate of drug-likeness (QED) is 0.221. The van der Waals surface area contributed by atoms with Crippen LogP contribution in [-0.2, 0) is 10.2 Å². The number of hydrogen-bond acceptors (Lipinski definition) is 7. The maximum absolute atomic E-state index is 13.3. The third-order valence-electron chi connectivity index (χ3n) is 6.56. The van der Waals surface area contributed by atoms with E-state index in [-0.39, 0.29) is 17.2 Å². The number of rotatable bonds is 11. The van der Waals surface area contributed by atoms with Crippen LogP contribution in [0.4, 0.5) is 5.13 Å². The summed E-state index contributed by atoms with van der Waals surface area (Å²) in [6, 6.07) is 18.7. The van der Waals surface area contributed by atoms with Crippen molar-refractivity contribution < 1.29 is 9.59 Å². The minimum atomic E-state index is -0.696. The van der Waals surface area contributed by atoms with Crippen LogP contribution in [0.2, 0.25) is 0 Å². The number of thioether (sulfide) groups is 1. The summed E-state index contributed by atoms with van der Waals surface area (Å²) in [5, 5.41) is 8.24. The lowest BCUT2D eigenvalue weighted by Crippen LogP contribution is -2.44. The van der Waals surface area contributed by atoms with Gasteiger partial charge in [-0.05, 0) is 65.5 Å². The second-order valence-electron chi connectivity index (χ2n) is 9.82. The van der Waals surface area contributed by atoms with E-state index < -0.39 is 6.04 Å². The molecule has 0 aliphatic carbocycles. The van der Waals surface area contributed by atoms with Gasteiger partial charge in [0.1, 0.15) is 6.04 Å². The van der Waals surface area contributed by atoms with Gasteiger partial charge in [0.05, 0.1) is 5.69 Å². The van der Waals surface area contributed by atoms with E-state index in [1.807, 2.05) is 74.0 Å². The van der Waals surface area contributed by atoms with E-state index in [1.165, 1.54) is 11.3 Å². The predicted molar refractivity (Wildman–Crippen MR) is 162 cm³/mol. The van der Waals surface area contributed by atoms with Gasteiger partial charge in [0, 0.05) is 40.9 Å². The molecule has 202 valence electrons. The van der Waals surface area contributed by atoms with Crippen LogP contribution >= 0.6 is 23.1 Å². The van der Waals surface area contributed by atoms with E-state index in [1.54, 1.807) is 30.2 Å². The van der Waals surface area contributed by atoms with Crippen LogP contribution in [0.1, 0.15) is 36.2 Å². The zero-order valence-corrected chi connectivity index (χ0v) is 23.9. The monoisotopic (exact) mass is 559 g/mol. The molecule has 39 heavy (non-hydrogen) atoms. The lowest BCUT2D eigenvalue weighted by molar-refractivity contribution is -0.118. The Labute approximate surface area is 237 Å². The third kappa shape index (κ3) is 7.32. The smallest absolute Gasteiger partial charge is 0.251 e. The second-order valence-corrected chi connectivity index (χ2v) is 11.7. The van der Waals surface area contributed by atoms with Gasteiger partial charge in [-0.25, -0.2) is 4.98 Å². The van der Waals surface area contributed by atoms with Crippen LogP contribution < -0.4 is 16.4 Å². The fourth-order valence-electron chi connectivity index (χ4n) is 4.00. The zero-order chi connectivity index (χ0) is 27.8. The van der Waals surface area contributed by atoms with Crippen molar-refractivity contribution in [1.29, 1.82) is 0 Å². The number of thiazole rings is 1. The van der Waals surface area contributed by atoms with Crippen LogP contribution in [0, 0.1) is 0 Å². The van der Waals surface area contributed by atoms with Crippen molar-refractivity contribution in [2.24, 2.45) is 5.73 Å². The van der Waals surface area contributed by atoms with Gasteiger partial charge in [-0.3, -0.25) is 14.6 Å². The van der Waals surface area contributed by atoms with Gasteiger partial charge in [-0.1, -0.05) is 44.2 Å². The van der Waals surface area contributed by atoms with Gasteiger partial charge in [-0.15, -0.1) is 11.3 Å². The molecule has 9 heteroatoms. The van der Waals surface area contributed by atoms with Gasteiger partial charge in [0.15, 0.2) is 5.13 Å². The van der Waals surface area contributed by atoms with Gasteiger partial charge in [0.2, 0.25) is 5.91 Å². The fraction of sp³-hybridized carbons (Fsp3) is 0.267. The molecule has 4 aromatic rings. The molecule has 0 aliphatic rings. The number of pyridine rings is 1. The van der Waals surface area contributed by atoms with Crippen LogP contribution in [0.25, 0.3) is 22.4 Å². The van der Waals surface area contributed by atoms with Crippen LogP contribution in [-0.4, -0.2) is 46.4 Å². The van der Waals surface area contributed by atoms with E-state index in [4.69, 9.17) is 5.73 Å². The van der Waals surface area contributed by atoms with Crippen molar-refractivity contribution in [3.05, 3.63) is 89.6 Å². The molecule has 0 saturated heterocycles. The molecule has 4 rings (SSSR count). The summed E-state index contributed by atoms with van der Waals surface area (Å²) in [6.45, 7) is 4.54. The number of nitrogens with zero attached hydrogens (tertiary/aromatic N) is 2. The Balaban J connectivity index is 1.47. The molecule has 7 nitrogen and oxygen atoms in total. The molecule has 0 spiro atoms. The number of hydrogen-bond donors (Lipinski definition) is 3.